The lowest BCUT2D eigenvalue weighted by Crippen LogP contribution is -2.58. The third-order valence-corrected chi connectivity index (χ3v) is 2.61. The fraction of sp³-hybridized carbons (Fsp3) is 0.750. The average molecular weight is 310 g/mol. The number of ether oxygens (including phenoxy) is 4. The minimum Gasteiger partial charge on any atom is -0.463 e. The Balaban J connectivity index is 2.87. The van der Waals surface area contributed by atoms with Gasteiger partial charge in [0.05, 0.1) is 0 Å². The smallest absolute Gasteiger partial charge is 0.303 e. The van der Waals surface area contributed by atoms with Crippen molar-refractivity contribution in [3.05, 3.63) is 0 Å². The minimum atomic E-state index is -2.22. The molecule has 7 nitrogen and oxygen atoms in total. The van der Waals surface area contributed by atoms with Crippen molar-refractivity contribution in [1.29, 1.82) is 0 Å². The van der Waals surface area contributed by atoms with Crippen molar-refractivity contribution in [1.82, 2.24) is 0 Å². The van der Waals surface area contributed by atoms with Crippen LogP contribution in [0, 0.1) is 0 Å². The van der Waals surface area contributed by atoms with Crippen molar-refractivity contribution < 1.29 is 42.1 Å². The molecule has 1 aliphatic heterocycles. The van der Waals surface area contributed by atoms with Crippen LogP contribution in [-0.4, -0.2) is 55.4 Å². The van der Waals surface area contributed by atoms with Gasteiger partial charge in [0.2, 0.25) is 6.36 Å². The lowest BCUT2D eigenvalue weighted by Gasteiger charge is -2.39. The van der Waals surface area contributed by atoms with Crippen LogP contribution in [0.3, 0.4) is 0 Å². The highest BCUT2D eigenvalue weighted by molar-refractivity contribution is 5.67. The largest absolute Gasteiger partial charge is 0.463 e. The summed E-state index contributed by atoms with van der Waals surface area (Å²) in [4.78, 5) is 32.6. The molecule has 120 valence electrons. The summed E-state index contributed by atoms with van der Waals surface area (Å²) in [5, 5.41) is 0. The summed E-state index contributed by atoms with van der Waals surface area (Å²) in [6, 6.07) is 0. The number of halogens is 2. The number of carbonyl (C=O) groups is 3. The van der Waals surface area contributed by atoms with Crippen LogP contribution in [0.15, 0.2) is 0 Å². The molecule has 0 saturated carbocycles. The quantitative estimate of drug-likeness (QED) is 0.550. The van der Waals surface area contributed by atoms with Gasteiger partial charge in [0.1, 0.15) is 12.7 Å². The van der Waals surface area contributed by atoms with Crippen molar-refractivity contribution in [2.75, 3.05) is 6.61 Å². The molecule has 1 heterocycles. The van der Waals surface area contributed by atoms with Crippen molar-refractivity contribution >= 4 is 17.9 Å². The molecular formula is C12H16F2O7. The van der Waals surface area contributed by atoms with Gasteiger partial charge < -0.3 is 18.9 Å². The Hall–Kier alpha value is -1.77. The topological polar surface area (TPSA) is 88.1 Å². The van der Waals surface area contributed by atoms with Gasteiger partial charge in [-0.1, -0.05) is 0 Å². The fourth-order valence-corrected chi connectivity index (χ4v) is 1.83. The van der Waals surface area contributed by atoms with Crippen molar-refractivity contribution in [2.24, 2.45) is 0 Å². The van der Waals surface area contributed by atoms with Gasteiger partial charge >= 0.3 is 17.9 Å². The molecule has 0 radical (unpaired) electrons. The molecule has 0 amide bonds. The van der Waals surface area contributed by atoms with Crippen molar-refractivity contribution in [3.8, 4) is 0 Å². The second-order valence-corrected chi connectivity index (χ2v) is 4.42. The lowest BCUT2D eigenvalue weighted by molar-refractivity contribution is -0.262. The number of rotatable bonds is 4. The summed E-state index contributed by atoms with van der Waals surface area (Å²) in [7, 11) is 0. The average Bonchev–Trinajstić information content (AvgIpc) is 2.35. The maximum Gasteiger partial charge on any atom is 0.303 e. The molecule has 1 rings (SSSR count). The molecule has 0 aliphatic carbocycles. The number of alkyl halides is 2. The van der Waals surface area contributed by atoms with Gasteiger partial charge in [0.25, 0.3) is 0 Å². The minimum absolute atomic E-state index is 0.554. The highest BCUT2D eigenvalue weighted by atomic mass is 19.2. The lowest BCUT2D eigenvalue weighted by atomic mass is 10.0. The van der Waals surface area contributed by atoms with Crippen LogP contribution in [0.1, 0.15) is 20.8 Å². The fourth-order valence-electron chi connectivity index (χ4n) is 1.83. The predicted octanol–water partition coefficient (Wildman–Crippen LogP) is 0.445. The molecule has 0 bridgehead atoms. The Labute approximate surface area is 119 Å². The molecule has 0 N–H and O–H groups in total. The first kappa shape index (κ1) is 17.3. The third kappa shape index (κ3) is 4.92. The van der Waals surface area contributed by atoms with E-state index in [0.717, 1.165) is 20.8 Å². The second-order valence-electron chi connectivity index (χ2n) is 4.42. The van der Waals surface area contributed by atoms with Gasteiger partial charge in [-0.05, 0) is 0 Å². The molecule has 0 aromatic heterocycles. The third-order valence-electron chi connectivity index (χ3n) is 2.61. The van der Waals surface area contributed by atoms with Crippen LogP contribution in [0.25, 0.3) is 0 Å². The van der Waals surface area contributed by atoms with Gasteiger partial charge in [-0.2, -0.15) is 0 Å². The molecule has 5 atom stereocenters. The SMILES string of the molecule is CC(=O)OC[C@H]1O[C@@H](F)[C@H](OC(C)=O)[C@@H](OC(C)=O)[C@H]1F. The Morgan fingerprint density at radius 3 is 1.95 bits per heavy atom. The van der Waals surface area contributed by atoms with Crippen LogP contribution < -0.4 is 0 Å². The van der Waals surface area contributed by atoms with Crippen molar-refractivity contribution in [2.45, 2.75) is 51.6 Å². The zero-order valence-corrected chi connectivity index (χ0v) is 11.7. The maximum absolute atomic E-state index is 14.2. The van der Waals surface area contributed by atoms with Crippen LogP contribution in [0.4, 0.5) is 8.78 Å². The zero-order valence-electron chi connectivity index (χ0n) is 11.7. The van der Waals surface area contributed by atoms with Crippen molar-refractivity contribution in [3.63, 3.8) is 0 Å². The maximum atomic E-state index is 14.2. The number of hydrogen-bond donors (Lipinski definition) is 0. The molecule has 0 spiro atoms. The van der Waals surface area contributed by atoms with E-state index in [0.29, 0.717) is 0 Å². The van der Waals surface area contributed by atoms with E-state index in [4.69, 9.17) is 0 Å². The molecule has 21 heavy (non-hydrogen) atoms. The normalized spacial score (nSPS) is 32.1. The molecule has 1 fully saturated rings. The van der Waals surface area contributed by atoms with E-state index in [9.17, 15) is 23.2 Å². The summed E-state index contributed by atoms with van der Waals surface area (Å²) in [5.41, 5.74) is 0. The summed E-state index contributed by atoms with van der Waals surface area (Å²) in [6.45, 7) is 2.53. The van der Waals surface area contributed by atoms with Gasteiger partial charge in [-0.15, -0.1) is 0 Å². The zero-order chi connectivity index (χ0) is 16.2. The monoisotopic (exact) mass is 310 g/mol. The van der Waals surface area contributed by atoms with Gasteiger partial charge in [0.15, 0.2) is 18.4 Å². The van der Waals surface area contributed by atoms with Crippen LogP contribution >= 0.6 is 0 Å². The highest BCUT2D eigenvalue weighted by Crippen LogP contribution is 2.29. The predicted molar refractivity (Wildman–Crippen MR) is 62.4 cm³/mol. The second kappa shape index (κ2) is 7.30. The molecule has 1 aliphatic rings. The summed E-state index contributed by atoms with van der Waals surface area (Å²) < 4.78 is 46.6. The van der Waals surface area contributed by atoms with E-state index in [1.165, 1.54) is 0 Å². The standard InChI is InChI=1S/C12H16F2O7/c1-5(15)18-4-8-9(13)10(19-6(2)16)11(12(14)21-8)20-7(3)17/h8-12H,4H2,1-3H3/t8-,9+,10+,11-,12-/m1/s1. The Morgan fingerprint density at radius 1 is 0.952 bits per heavy atom. The Morgan fingerprint density at radius 2 is 1.48 bits per heavy atom. The van der Waals surface area contributed by atoms with E-state index in [1.54, 1.807) is 0 Å². The molecule has 0 unspecified atom stereocenters. The van der Waals surface area contributed by atoms with Crippen LogP contribution in [0.5, 0.6) is 0 Å². The van der Waals surface area contributed by atoms with E-state index in [2.05, 4.69) is 18.9 Å². The van der Waals surface area contributed by atoms with E-state index in [-0.39, 0.29) is 0 Å². The molecule has 0 aromatic rings. The summed E-state index contributed by atoms with van der Waals surface area (Å²) in [5.74, 6) is -2.46. The van der Waals surface area contributed by atoms with Gasteiger partial charge in [-0.3, -0.25) is 14.4 Å². The summed E-state index contributed by atoms with van der Waals surface area (Å²) in [6.07, 6.45) is -9.12. The van der Waals surface area contributed by atoms with Gasteiger partial charge in [0, 0.05) is 20.8 Å². The van der Waals surface area contributed by atoms with E-state index < -0.39 is 55.4 Å². The molecule has 1 saturated heterocycles. The number of carbonyl (C=O) groups excluding carboxylic acids is 3. The Bertz CT molecular complexity index is 414. The van der Waals surface area contributed by atoms with E-state index in [1.807, 2.05) is 0 Å². The number of hydrogen-bond acceptors (Lipinski definition) is 7. The Kier molecular flexibility index (Phi) is 6.01. The first-order chi connectivity index (χ1) is 9.72. The number of esters is 3. The van der Waals surface area contributed by atoms with Crippen LogP contribution in [-0.2, 0) is 33.3 Å². The highest BCUT2D eigenvalue weighted by Gasteiger charge is 2.51. The first-order valence-corrected chi connectivity index (χ1v) is 6.13. The van der Waals surface area contributed by atoms with Gasteiger partial charge in [-0.25, -0.2) is 8.78 Å². The summed E-state index contributed by atoms with van der Waals surface area (Å²) >= 11 is 0. The van der Waals surface area contributed by atoms with Crippen LogP contribution in [0.2, 0.25) is 0 Å². The van der Waals surface area contributed by atoms with E-state index >= 15 is 0 Å². The molecular weight excluding hydrogens is 294 g/mol. The first-order valence-electron chi connectivity index (χ1n) is 6.13. The molecule has 9 heteroatoms. The molecule has 0 aromatic carbocycles.